The number of hydrogen-bond donors (Lipinski definition) is 2. The standard InChI is InChI=1S/C13H18N2O2/c16-9-8-15-7-6-12(14-13(17)10-15)11-4-2-1-3-5-11/h1-5,12,16H,6-10H2,(H,14,17). The van der Waals surface area contributed by atoms with Gasteiger partial charge in [0.25, 0.3) is 0 Å². The van der Waals surface area contributed by atoms with E-state index in [1.807, 2.05) is 35.2 Å². The highest BCUT2D eigenvalue weighted by Gasteiger charge is 2.21. The van der Waals surface area contributed by atoms with Gasteiger partial charge in [0.05, 0.1) is 19.2 Å². The summed E-state index contributed by atoms with van der Waals surface area (Å²) in [5, 5.41) is 11.9. The van der Waals surface area contributed by atoms with E-state index in [4.69, 9.17) is 5.11 Å². The van der Waals surface area contributed by atoms with Gasteiger partial charge in [-0.1, -0.05) is 30.3 Å². The van der Waals surface area contributed by atoms with Gasteiger partial charge in [-0.3, -0.25) is 9.69 Å². The van der Waals surface area contributed by atoms with Gasteiger partial charge in [0.2, 0.25) is 5.91 Å². The van der Waals surface area contributed by atoms with Crippen molar-refractivity contribution in [1.82, 2.24) is 10.2 Å². The third kappa shape index (κ3) is 3.28. The van der Waals surface area contributed by atoms with Crippen LogP contribution in [0.5, 0.6) is 0 Å². The highest BCUT2D eigenvalue weighted by Crippen LogP contribution is 2.18. The number of amides is 1. The van der Waals surface area contributed by atoms with Crippen molar-refractivity contribution in [2.75, 3.05) is 26.2 Å². The molecule has 1 aliphatic heterocycles. The van der Waals surface area contributed by atoms with E-state index in [0.717, 1.165) is 18.5 Å². The van der Waals surface area contributed by atoms with E-state index in [1.165, 1.54) is 0 Å². The van der Waals surface area contributed by atoms with E-state index in [9.17, 15) is 4.79 Å². The number of rotatable bonds is 3. The Bertz CT molecular complexity index is 367. The van der Waals surface area contributed by atoms with Crippen molar-refractivity contribution in [3.63, 3.8) is 0 Å². The zero-order valence-corrected chi connectivity index (χ0v) is 9.80. The van der Waals surface area contributed by atoms with Gasteiger partial charge in [0, 0.05) is 13.1 Å². The lowest BCUT2D eigenvalue weighted by atomic mass is 10.0. The zero-order chi connectivity index (χ0) is 12.1. The average Bonchev–Trinajstić information content (AvgIpc) is 2.53. The first-order valence-electron chi connectivity index (χ1n) is 5.97. The lowest BCUT2D eigenvalue weighted by molar-refractivity contribution is -0.122. The summed E-state index contributed by atoms with van der Waals surface area (Å²) in [4.78, 5) is 13.7. The summed E-state index contributed by atoms with van der Waals surface area (Å²) in [5.41, 5.74) is 1.15. The first-order chi connectivity index (χ1) is 8.29. The van der Waals surface area contributed by atoms with E-state index in [1.54, 1.807) is 0 Å². The summed E-state index contributed by atoms with van der Waals surface area (Å²) in [7, 11) is 0. The Morgan fingerprint density at radius 1 is 1.35 bits per heavy atom. The number of carbonyl (C=O) groups excluding carboxylic acids is 1. The van der Waals surface area contributed by atoms with Crippen LogP contribution in [0.15, 0.2) is 30.3 Å². The van der Waals surface area contributed by atoms with Crippen LogP contribution in [0, 0.1) is 0 Å². The van der Waals surface area contributed by atoms with Crippen molar-refractivity contribution in [3.8, 4) is 0 Å². The Hall–Kier alpha value is -1.39. The molecular weight excluding hydrogens is 216 g/mol. The number of β-amino-alcohol motifs (C(OH)–C–C–N with tert-alkyl or cyclic N) is 1. The van der Waals surface area contributed by atoms with Crippen molar-refractivity contribution in [1.29, 1.82) is 0 Å². The van der Waals surface area contributed by atoms with E-state index < -0.39 is 0 Å². The SMILES string of the molecule is O=C1CN(CCO)CCC(c2ccccc2)N1. The molecule has 2 rings (SSSR count). The van der Waals surface area contributed by atoms with Crippen LogP contribution >= 0.6 is 0 Å². The van der Waals surface area contributed by atoms with Crippen LogP contribution in [-0.4, -0.2) is 42.2 Å². The van der Waals surface area contributed by atoms with Crippen molar-refractivity contribution >= 4 is 5.91 Å². The fourth-order valence-electron chi connectivity index (χ4n) is 2.17. The molecule has 4 nitrogen and oxygen atoms in total. The van der Waals surface area contributed by atoms with Crippen molar-refractivity contribution in [3.05, 3.63) is 35.9 Å². The van der Waals surface area contributed by atoms with Gasteiger partial charge in [-0.05, 0) is 12.0 Å². The molecule has 1 aromatic carbocycles. The van der Waals surface area contributed by atoms with Crippen LogP contribution in [0.2, 0.25) is 0 Å². The summed E-state index contributed by atoms with van der Waals surface area (Å²) in [6.07, 6.45) is 0.885. The maximum atomic E-state index is 11.7. The third-order valence-electron chi connectivity index (χ3n) is 3.05. The Labute approximate surface area is 101 Å². The highest BCUT2D eigenvalue weighted by molar-refractivity contribution is 5.78. The zero-order valence-electron chi connectivity index (χ0n) is 9.80. The van der Waals surface area contributed by atoms with E-state index in [0.29, 0.717) is 13.1 Å². The second-order valence-corrected chi connectivity index (χ2v) is 4.32. The minimum Gasteiger partial charge on any atom is -0.395 e. The molecule has 0 spiro atoms. The Morgan fingerprint density at radius 2 is 2.12 bits per heavy atom. The average molecular weight is 234 g/mol. The molecule has 92 valence electrons. The van der Waals surface area contributed by atoms with Crippen LogP contribution in [-0.2, 0) is 4.79 Å². The van der Waals surface area contributed by atoms with Gasteiger partial charge in [-0.15, -0.1) is 0 Å². The smallest absolute Gasteiger partial charge is 0.234 e. The minimum absolute atomic E-state index is 0.0322. The molecule has 0 saturated carbocycles. The number of benzene rings is 1. The predicted octanol–water partition coefficient (Wildman–Crippen LogP) is 0.542. The number of carbonyl (C=O) groups is 1. The fourth-order valence-corrected chi connectivity index (χ4v) is 2.17. The first kappa shape index (κ1) is 12.1. The van der Waals surface area contributed by atoms with Gasteiger partial charge < -0.3 is 10.4 Å². The Morgan fingerprint density at radius 3 is 2.82 bits per heavy atom. The van der Waals surface area contributed by atoms with Crippen LogP contribution < -0.4 is 5.32 Å². The van der Waals surface area contributed by atoms with Crippen LogP contribution in [0.1, 0.15) is 18.0 Å². The quantitative estimate of drug-likeness (QED) is 0.802. The molecule has 4 heteroatoms. The summed E-state index contributed by atoms with van der Waals surface area (Å²) in [6, 6.07) is 10.1. The lowest BCUT2D eigenvalue weighted by Gasteiger charge is -2.17. The van der Waals surface area contributed by atoms with Crippen LogP contribution in [0.4, 0.5) is 0 Å². The molecule has 1 atom stereocenters. The molecule has 0 aromatic heterocycles. The molecule has 17 heavy (non-hydrogen) atoms. The molecule has 0 radical (unpaired) electrons. The van der Waals surface area contributed by atoms with E-state index in [2.05, 4.69) is 5.32 Å². The molecule has 2 N–H and O–H groups in total. The van der Waals surface area contributed by atoms with Crippen LogP contribution in [0.3, 0.4) is 0 Å². The fraction of sp³-hybridized carbons (Fsp3) is 0.462. The number of nitrogens with one attached hydrogen (secondary N) is 1. The molecule has 1 fully saturated rings. The third-order valence-corrected chi connectivity index (χ3v) is 3.05. The molecule has 0 aliphatic carbocycles. The monoisotopic (exact) mass is 234 g/mol. The summed E-state index contributed by atoms with van der Waals surface area (Å²) in [6.45, 7) is 1.88. The molecule has 0 bridgehead atoms. The Kier molecular flexibility index (Phi) is 4.12. The van der Waals surface area contributed by atoms with Crippen molar-refractivity contribution < 1.29 is 9.90 Å². The highest BCUT2D eigenvalue weighted by atomic mass is 16.3. The maximum absolute atomic E-state index is 11.7. The normalized spacial score (nSPS) is 21.9. The van der Waals surface area contributed by atoms with Crippen molar-refractivity contribution in [2.24, 2.45) is 0 Å². The number of aliphatic hydroxyl groups is 1. The predicted molar refractivity (Wildman–Crippen MR) is 65.5 cm³/mol. The molecule has 1 aliphatic rings. The summed E-state index contributed by atoms with van der Waals surface area (Å²) >= 11 is 0. The van der Waals surface area contributed by atoms with E-state index >= 15 is 0 Å². The first-order valence-corrected chi connectivity index (χ1v) is 5.97. The number of hydrogen-bond acceptors (Lipinski definition) is 3. The maximum Gasteiger partial charge on any atom is 0.234 e. The molecular formula is C13H18N2O2. The van der Waals surface area contributed by atoms with Gasteiger partial charge in [-0.25, -0.2) is 0 Å². The Balaban J connectivity index is 2.04. The second kappa shape index (κ2) is 5.80. The molecule has 1 heterocycles. The van der Waals surface area contributed by atoms with Gasteiger partial charge in [0.1, 0.15) is 0 Å². The lowest BCUT2D eigenvalue weighted by Crippen LogP contribution is -2.35. The molecule has 1 amide bonds. The van der Waals surface area contributed by atoms with E-state index in [-0.39, 0.29) is 18.6 Å². The largest absolute Gasteiger partial charge is 0.395 e. The van der Waals surface area contributed by atoms with Gasteiger partial charge >= 0.3 is 0 Å². The molecule has 1 saturated heterocycles. The summed E-state index contributed by atoms with van der Waals surface area (Å²) in [5.74, 6) is 0.0322. The van der Waals surface area contributed by atoms with Crippen LogP contribution in [0.25, 0.3) is 0 Å². The number of nitrogens with zero attached hydrogens (tertiary/aromatic N) is 1. The molecule has 1 aromatic rings. The minimum atomic E-state index is 0.0322. The topological polar surface area (TPSA) is 52.6 Å². The second-order valence-electron chi connectivity index (χ2n) is 4.32. The van der Waals surface area contributed by atoms with Gasteiger partial charge in [-0.2, -0.15) is 0 Å². The summed E-state index contributed by atoms with van der Waals surface area (Å²) < 4.78 is 0. The van der Waals surface area contributed by atoms with Crippen molar-refractivity contribution in [2.45, 2.75) is 12.5 Å². The molecule has 1 unspecified atom stereocenters. The number of aliphatic hydroxyl groups excluding tert-OH is 1. The van der Waals surface area contributed by atoms with Gasteiger partial charge in [0.15, 0.2) is 0 Å².